The van der Waals surface area contributed by atoms with Crippen LogP contribution in [-0.4, -0.2) is 11.3 Å². The molecule has 0 aliphatic rings. The van der Waals surface area contributed by atoms with E-state index in [2.05, 4.69) is 4.98 Å². The van der Waals surface area contributed by atoms with E-state index in [0.29, 0.717) is 23.0 Å². The van der Waals surface area contributed by atoms with E-state index in [-0.39, 0.29) is 11.4 Å². The van der Waals surface area contributed by atoms with Gasteiger partial charge in [0.05, 0.1) is 16.8 Å². The first kappa shape index (κ1) is 19.6. The van der Waals surface area contributed by atoms with Crippen LogP contribution in [0.1, 0.15) is 21.6 Å². The van der Waals surface area contributed by atoms with Gasteiger partial charge < -0.3 is 0 Å². The molecule has 0 saturated carbocycles. The second-order valence-electron chi connectivity index (χ2n) is 5.90. The third-order valence-electron chi connectivity index (χ3n) is 4.07. The van der Waals surface area contributed by atoms with Gasteiger partial charge in [0.15, 0.2) is 6.29 Å². The monoisotopic (exact) mass is 395 g/mol. The van der Waals surface area contributed by atoms with Crippen molar-refractivity contribution in [3.05, 3.63) is 77.5 Å². The topological polar surface area (TPSA) is 30.0 Å². The number of halogens is 6. The maximum Gasteiger partial charge on any atom is 0.416 e. The molecule has 2 nitrogen and oxygen atoms in total. The smallest absolute Gasteiger partial charge is 0.296 e. The highest BCUT2D eigenvalue weighted by atomic mass is 19.4. The normalized spacial score (nSPS) is 12.1. The number of hydrogen-bond donors (Lipinski definition) is 0. The summed E-state index contributed by atoms with van der Waals surface area (Å²) in [4.78, 5) is 15.5. The Balaban J connectivity index is 1.96. The minimum Gasteiger partial charge on any atom is -0.296 e. The maximum absolute atomic E-state index is 12.7. The molecule has 8 heteroatoms. The van der Waals surface area contributed by atoms with E-state index in [1.54, 1.807) is 0 Å². The van der Waals surface area contributed by atoms with Crippen LogP contribution in [0.5, 0.6) is 0 Å². The highest BCUT2D eigenvalue weighted by molar-refractivity contribution is 5.86. The molecule has 0 radical (unpaired) electrons. The summed E-state index contributed by atoms with van der Waals surface area (Å²) in [7, 11) is 0. The van der Waals surface area contributed by atoms with Gasteiger partial charge >= 0.3 is 12.4 Å². The van der Waals surface area contributed by atoms with Crippen LogP contribution in [0.25, 0.3) is 22.4 Å². The Bertz CT molecular complexity index is 989. The second kappa shape index (κ2) is 7.10. The zero-order chi connectivity index (χ0) is 20.5. The fourth-order valence-electron chi connectivity index (χ4n) is 2.64. The first-order valence-corrected chi connectivity index (χ1v) is 7.91. The molecule has 0 atom stereocenters. The highest BCUT2D eigenvalue weighted by Gasteiger charge is 2.31. The molecule has 2 aromatic carbocycles. The first-order chi connectivity index (χ1) is 13.1. The second-order valence-corrected chi connectivity index (χ2v) is 5.90. The van der Waals surface area contributed by atoms with Crippen LogP contribution >= 0.6 is 0 Å². The molecule has 0 fully saturated rings. The number of pyridine rings is 1. The van der Waals surface area contributed by atoms with Crippen LogP contribution in [0.4, 0.5) is 26.3 Å². The fraction of sp³-hybridized carbons (Fsp3) is 0.100. The van der Waals surface area contributed by atoms with Crippen LogP contribution in [0, 0.1) is 0 Å². The Kier molecular flexibility index (Phi) is 4.97. The first-order valence-electron chi connectivity index (χ1n) is 7.91. The maximum atomic E-state index is 12.7. The van der Waals surface area contributed by atoms with Gasteiger partial charge in [-0.15, -0.1) is 0 Å². The lowest BCUT2D eigenvalue weighted by Crippen LogP contribution is -2.04. The molecule has 144 valence electrons. The number of carbonyl (C=O) groups excluding carboxylic acids is 1. The van der Waals surface area contributed by atoms with Crippen molar-refractivity contribution in [1.29, 1.82) is 0 Å². The third-order valence-corrected chi connectivity index (χ3v) is 4.07. The average molecular weight is 395 g/mol. The average Bonchev–Trinajstić information content (AvgIpc) is 2.66. The molecule has 0 aliphatic heterocycles. The third kappa shape index (κ3) is 4.05. The van der Waals surface area contributed by atoms with Gasteiger partial charge in [0.1, 0.15) is 5.69 Å². The predicted octanol–water partition coefficient (Wildman–Crippen LogP) is 6.27. The molecule has 0 spiro atoms. The summed E-state index contributed by atoms with van der Waals surface area (Å²) in [5, 5.41) is 0. The number of rotatable bonds is 3. The summed E-state index contributed by atoms with van der Waals surface area (Å²) in [5.74, 6) is 0. The largest absolute Gasteiger partial charge is 0.416 e. The van der Waals surface area contributed by atoms with Gasteiger partial charge in [-0.2, -0.15) is 26.3 Å². The van der Waals surface area contributed by atoms with Crippen molar-refractivity contribution in [1.82, 2.24) is 4.98 Å². The van der Waals surface area contributed by atoms with E-state index < -0.39 is 23.5 Å². The number of carbonyl (C=O) groups is 1. The van der Waals surface area contributed by atoms with Crippen molar-refractivity contribution in [2.75, 3.05) is 0 Å². The molecule has 0 N–H and O–H groups in total. The van der Waals surface area contributed by atoms with Crippen molar-refractivity contribution in [3.63, 3.8) is 0 Å². The Morgan fingerprint density at radius 3 is 1.54 bits per heavy atom. The van der Waals surface area contributed by atoms with E-state index >= 15 is 0 Å². The fourth-order valence-corrected chi connectivity index (χ4v) is 2.64. The molecule has 0 unspecified atom stereocenters. The molecule has 0 saturated heterocycles. The Morgan fingerprint density at radius 1 is 0.643 bits per heavy atom. The lowest BCUT2D eigenvalue weighted by atomic mass is 10.0. The summed E-state index contributed by atoms with van der Waals surface area (Å²) in [5.41, 5.74) is -0.342. The van der Waals surface area contributed by atoms with Crippen LogP contribution in [0.3, 0.4) is 0 Å². The lowest BCUT2D eigenvalue weighted by Gasteiger charge is -2.11. The summed E-state index contributed by atoms with van der Waals surface area (Å²) in [6, 6.07) is 11.5. The number of aromatic nitrogens is 1. The minimum absolute atomic E-state index is 0.0304. The highest BCUT2D eigenvalue weighted by Crippen LogP contribution is 2.33. The number of benzene rings is 2. The van der Waals surface area contributed by atoms with E-state index in [4.69, 9.17) is 0 Å². The van der Waals surface area contributed by atoms with Crippen molar-refractivity contribution in [2.24, 2.45) is 0 Å². The van der Waals surface area contributed by atoms with Crippen molar-refractivity contribution in [2.45, 2.75) is 12.4 Å². The molecule has 3 aromatic rings. The van der Waals surface area contributed by atoms with Gasteiger partial charge in [0, 0.05) is 11.1 Å². The Hall–Kier alpha value is -3.16. The molecule has 0 amide bonds. The zero-order valence-electron chi connectivity index (χ0n) is 14.0. The number of aldehydes is 1. The van der Waals surface area contributed by atoms with Crippen LogP contribution in [0.15, 0.2) is 60.7 Å². The van der Waals surface area contributed by atoms with Crippen molar-refractivity contribution < 1.29 is 31.1 Å². The summed E-state index contributed by atoms with van der Waals surface area (Å²) < 4.78 is 76.0. The van der Waals surface area contributed by atoms with E-state index in [1.165, 1.54) is 36.4 Å². The molecule has 28 heavy (non-hydrogen) atoms. The molecular formula is C20H11F6NO. The van der Waals surface area contributed by atoms with Gasteiger partial charge in [0.25, 0.3) is 0 Å². The van der Waals surface area contributed by atoms with E-state index in [0.717, 1.165) is 24.3 Å². The predicted molar refractivity (Wildman–Crippen MR) is 90.5 cm³/mol. The van der Waals surface area contributed by atoms with Crippen molar-refractivity contribution >= 4 is 6.29 Å². The van der Waals surface area contributed by atoms with Crippen LogP contribution in [0.2, 0.25) is 0 Å². The van der Waals surface area contributed by atoms with Crippen LogP contribution in [-0.2, 0) is 12.4 Å². The van der Waals surface area contributed by atoms with Gasteiger partial charge in [-0.05, 0) is 42.0 Å². The number of hydrogen-bond acceptors (Lipinski definition) is 2. The summed E-state index contributed by atoms with van der Waals surface area (Å²) in [6.07, 6.45) is -8.50. The van der Waals surface area contributed by atoms with E-state index in [9.17, 15) is 31.1 Å². The molecular weight excluding hydrogens is 384 g/mol. The number of nitrogens with zero attached hydrogens (tertiary/aromatic N) is 1. The summed E-state index contributed by atoms with van der Waals surface area (Å²) in [6.45, 7) is 0. The van der Waals surface area contributed by atoms with Gasteiger partial charge in [0.2, 0.25) is 0 Å². The SMILES string of the molecule is O=Cc1nc(-c2ccc(C(F)(F)F)cc2)ccc1-c1ccc(C(F)(F)F)cc1. The Labute approximate surface area is 155 Å². The summed E-state index contributed by atoms with van der Waals surface area (Å²) >= 11 is 0. The Morgan fingerprint density at radius 2 is 1.11 bits per heavy atom. The quantitative estimate of drug-likeness (QED) is 0.387. The molecule has 1 aromatic heterocycles. The van der Waals surface area contributed by atoms with Gasteiger partial charge in [-0.25, -0.2) is 4.98 Å². The molecule has 1 heterocycles. The molecule has 0 bridgehead atoms. The van der Waals surface area contributed by atoms with E-state index in [1.807, 2.05) is 0 Å². The number of alkyl halides is 6. The van der Waals surface area contributed by atoms with Gasteiger partial charge in [-0.3, -0.25) is 4.79 Å². The zero-order valence-corrected chi connectivity index (χ0v) is 14.0. The standard InChI is InChI=1S/C20H11F6NO/c21-19(22,23)14-5-1-12(2-6-14)16-9-10-17(27-18(16)11-28)13-3-7-15(8-4-13)20(24,25)26/h1-11H. The van der Waals surface area contributed by atoms with Crippen molar-refractivity contribution in [3.8, 4) is 22.4 Å². The molecule has 3 rings (SSSR count). The molecule has 0 aliphatic carbocycles. The van der Waals surface area contributed by atoms with Gasteiger partial charge in [-0.1, -0.05) is 24.3 Å². The lowest BCUT2D eigenvalue weighted by molar-refractivity contribution is -0.138. The minimum atomic E-state index is -4.48. The van der Waals surface area contributed by atoms with Crippen LogP contribution < -0.4 is 0 Å².